The Kier molecular flexibility index (Phi) is 6.97. The van der Waals surface area contributed by atoms with Gasteiger partial charge in [0.1, 0.15) is 18.2 Å². The second kappa shape index (κ2) is 9.91. The van der Waals surface area contributed by atoms with E-state index in [-0.39, 0.29) is 30.1 Å². The number of amides is 1. The van der Waals surface area contributed by atoms with Gasteiger partial charge in [-0.1, -0.05) is 6.92 Å². The van der Waals surface area contributed by atoms with Crippen molar-refractivity contribution < 1.29 is 19.0 Å². The van der Waals surface area contributed by atoms with Crippen molar-refractivity contribution in [2.75, 3.05) is 38.3 Å². The van der Waals surface area contributed by atoms with Gasteiger partial charge in [0.05, 0.1) is 29.7 Å². The number of fused-ring (bicyclic) bond motifs is 1. The van der Waals surface area contributed by atoms with Gasteiger partial charge in [-0.15, -0.1) is 0 Å². The zero-order valence-electron chi connectivity index (χ0n) is 20.0. The van der Waals surface area contributed by atoms with E-state index < -0.39 is 0 Å². The van der Waals surface area contributed by atoms with Gasteiger partial charge in [-0.3, -0.25) is 4.98 Å². The van der Waals surface area contributed by atoms with Crippen molar-refractivity contribution in [2.45, 2.75) is 46.3 Å². The minimum absolute atomic E-state index is 0.00649. The number of carbonyl (C=O) groups is 1. The predicted molar refractivity (Wildman–Crippen MR) is 124 cm³/mol. The molecule has 9 nitrogen and oxygen atoms in total. The minimum atomic E-state index is -0.293. The van der Waals surface area contributed by atoms with E-state index in [0.717, 1.165) is 35.7 Å². The first kappa shape index (κ1) is 23.2. The molecule has 0 saturated carbocycles. The lowest BCUT2D eigenvalue weighted by atomic mass is 9.87. The van der Waals surface area contributed by atoms with Crippen LogP contribution in [0.1, 0.15) is 32.0 Å². The molecular formula is C24H33N5O4. The molecule has 4 rings (SSSR count). The summed E-state index contributed by atoms with van der Waals surface area (Å²) in [4.78, 5) is 29.9. The monoisotopic (exact) mass is 455 g/mol. The molecule has 0 aromatic carbocycles. The van der Waals surface area contributed by atoms with E-state index in [2.05, 4.69) is 32.8 Å². The third-order valence-electron chi connectivity index (χ3n) is 6.21. The Morgan fingerprint density at radius 1 is 1.24 bits per heavy atom. The second-order valence-corrected chi connectivity index (χ2v) is 9.11. The number of aromatic nitrogens is 3. The number of nitrogens with zero attached hydrogens (tertiary/aromatic N) is 5. The van der Waals surface area contributed by atoms with Crippen molar-refractivity contribution in [3.8, 4) is 5.88 Å². The topological polar surface area (TPSA) is 89.9 Å². The van der Waals surface area contributed by atoms with Crippen LogP contribution in [0.2, 0.25) is 0 Å². The molecule has 4 heterocycles. The van der Waals surface area contributed by atoms with Crippen LogP contribution in [0.5, 0.6) is 5.88 Å². The van der Waals surface area contributed by atoms with Gasteiger partial charge in [0.25, 0.3) is 0 Å². The molecule has 2 aromatic heterocycles. The zero-order chi connectivity index (χ0) is 23.5. The highest BCUT2D eigenvalue weighted by Gasteiger charge is 2.39. The number of piperidine rings is 1. The lowest BCUT2D eigenvalue weighted by Crippen LogP contribution is -2.54. The molecule has 33 heavy (non-hydrogen) atoms. The third kappa shape index (κ3) is 4.88. The number of rotatable bonds is 6. The van der Waals surface area contributed by atoms with Crippen LogP contribution in [0, 0.1) is 18.8 Å². The second-order valence-electron chi connectivity index (χ2n) is 9.11. The van der Waals surface area contributed by atoms with Crippen molar-refractivity contribution >= 4 is 17.6 Å². The van der Waals surface area contributed by atoms with Gasteiger partial charge in [0, 0.05) is 51.2 Å². The van der Waals surface area contributed by atoms with E-state index in [0.29, 0.717) is 25.6 Å². The minimum Gasteiger partial charge on any atom is -0.473 e. The maximum Gasteiger partial charge on any atom is 0.410 e. The standard InChI is InChI=1S/C24H33N5O4/c1-15(2)32-24(30)28-11-16(3)21(18(12-28)13-31-5)33-23-17(4)22(26-14-27-23)29-10-8-19-20(29)7-6-9-25-19/h6-7,9,14-16,18,21H,8,10-13H2,1-5H3. The summed E-state index contributed by atoms with van der Waals surface area (Å²) >= 11 is 0. The lowest BCUT2D eigenvalue weighted by molar-refractivity contribution is -0.0329. The van der Waals surface area contributed by atoms with Gasteiger partial charge in [-0.25, -0.2) is 14.8 Å². The largest absolute Gasteiger partial charge is 0.473 e. The van der Waals surface area contributed by atoms with Crippen molar-refractivity contribution in [3.05, 3.63) is 35.9 Å². The fourth-order valence-electron chi connectivity index (χ4n) is 4.75. The summed E-state index contributed by atoms with van der Waals surface area (Å²) in [6, 6.07) is 4.01. The van der Waals surface area contributed by atoms with Crippen molar-refractivity contribution in [1.82, 2.24) is 19.9 Å². The first-order valence-corrected chi connectivity index (χ1v) is 11.5. The average molecular weight is 456 g/mol. The Hall–Kier alpha value is -2.94. The predicted octanol–water partition coefficient (Wildman–Crippen LogP) is 3.38. The quantitative estimate of drug-likeness (QED) is 0.655. The first-order valence-electron chi connectivity index (χ1n) is 11.5. The van der Waals surface area contributed by atoms with Crippen LogP contribution in [0.4, 0.5) is 16.3 Å². The molecule has 1 saturated heterocycles. The Morgan fingerprint density at radius 3 is 2.82 bits per heavy atom. The highest BCUT2D eigenvalue weighted by molar-refractivity contribution is 5.69. The van der Waals surface area contributed by atoms with E-state index >= 15 is 0 Å². The molecule has 0 aliphatic carbocycles. The van der Waals surface area contributed by atoms with Gasteiger partial charge in [-0.2, -0.15) is 0 Å². The van der Waals surface area contributed by atoms with Crippen LogP contribution in [0.3, 0.4) is 0 Å². The van der Waals surface area contributed by atoms with Crippen LogP contribution < -0.4 is 9.64 Å². The van der Waals surface area contributed by atoms with Crippen LogP contribution in [-0.2, 0) is 15.9 Å². The Bertz CT molecular complexity index is 985. The van der Waals surface area contributed by atoms with Crippen molar-refractivity contribution in [1.29, 1.82) is 0 Å². The molecule has 1 amide bonds. The normalized spacial score (nSPS) is 22.4. The number of anilines is 2. The Morgan fingerprint density at radius 2 is 2.06 bits per heavy atom. The molecule has 0 spiro atoms. The van der Waals surface area contributed by atoms with E-state index in [9.17, 15) is 4.79 Å². The fraction of sp³-hybridized carbons (Fsp3) is 0.583. The van der Waals surface area contributed by atoms with E-state index in [1.54, 1.807) is 18.3 Å². The molecule has 3 atom stereocenters. The van der Waals surface area contributed by atoms with E-state index in [1.165, 1.54) is 0 Å². The molecule has 2 aliphatic rings. The van der Waals surface area contributed by atoms with Gasteiger partial charge in [0.15, 0.2) is 0 Å². The smallest absolute Gasteiger partial charge is 0.410 e. The lowest BCUT2D eigenvalue weighted by Gasteiger charge is -2.41. The summed E-state index contributed by atoms with van der Waals surface area (Å²) in [5.41, 5.74) is 3.04. The summed E-state index contributed by atoms with van der Waals surface area (Å²) < 4.78 is 17.4. The summed E-state index contributed by atoms with van der Waals surface area (Å²) in [6.07, 6.45) is 3.66. The number of likely N-dealkylation sites (tertiary alicyclic amines) is 1. The van der Waals surface area contributed by atoms with Crippen molar-refractivity contribution in [3.63, 3.8) is 0 Å². The number of hydrogen-bond donors (Lipinski definition) is 0. The van der Waals surface area contributed by atoms with E-state index in [4.69, 9.17) is 14.2 Å². The Balaban J connectivity index is 1.54. The van der Waals surface area contributed by atoms with Crippen LogP contribution >= 0.6 is 0 Å². The maximum atomic E-state index is 12.5. The highest BCUT2D eigenvalue weighted by Crippen LogP contribution is 2.37. The van der Waals surface area contributed by atoms with Crippen LogP contribution in [0.15, 0.2) is 24.7 Å². The third-order valence-corrected chi connectivity index (χ3v) is 6.21. The number of ether oxygens (including phenoxy) is 3. The summed E-state index contributed by atoms with van der Waals surface area (Å²) in [6.45, 7) is 10.1. The molecule has 0 N–H and O–H groups in total. The van der Waals surface area contributed by atoms with Crippen LogP contribution in [-0.4, -0.2) is 71.5 Å². The number of hydrogen-bond acceptors (Lipinski definition) is 8. The molecule has 2 aromatic rings. The summed E-state index contributed by atoms with van der Waals surface area (Å²) in [5.74, 6) is 1.47. The van der Waals surface area contributed by atoms with Crippen molar-refractivity contribution in [2.24, 2.45) is 11.8 Å². The highest BCUT2D eigenvalue weighted by atomic mass is 16.6. The maximum absolute atomic E-state index is 12.5. The average Bonchev–Trinajstić information content (AvgIpc) is 3.20. The molecular weight excluding hydrogens is 422 g/mol. The molecule has 0 radical (unpaired) electrons. The summed E-state index contributed by atoms with van der Waals surface area (Å²) in [5, 5.41) is 0. The number of carbonyl (C=O) groups excluding carboxylic acids is 1. The number of pyridine rings is 1. The molecule has 9 heteroatoms. The SMILES string of the molecule is COCC1CN(C(=O)OC(C)C)CC(C)C1Oc1ncnc(N2CCc3ncccc32)c1C. The molecule has 3 unspecified atom stereocenters. The Labute approximate surface area is 195 Å². The molecule has 178 valence electrons. The first-order chi connectivity index (χ1) is 15.9. The van der Waals surface area contributed by atoms with Gasteiger partial charge in [-0.05, 0) is 32.9 Å². The number of methoxy groups -OCH3 is 1. The molecule has 0 bridgehead atoms. The van der Waals surface area contributed by atoms with E-state index in [1.807, 2.05) is 33.0 Å². The zero-order valence-corrected chi connectivity index (χ0v) is 20.0. The van der Waals surface area contributed by atoms with Gasteiger partial charge >= 0.3 is 6.09 Å². The van der Waals surface area contributed by atoms with Gasteiger partial charge in [0.2, 0.25) is 5.88 Å². The summed E-state index contributed by atoms with van der Waals surface area (Å²) in [7, 11) is 1.67. The van der Waals surface area contributed by atoms with Gasteiger partial charge < -0.3 is 24.0 Å². The molecule has 2 aliphatic heterocycles. The van der Waals surface area contributed by atoms with Crippen LogP contribution in [0.25, 0.3) is 0 Å². The molecule has 1 fully saturated rings. The fourth-order valence-corrected chi connectivity index (χ4v) is 4.75.